The quantitative estimate of drug-likeness (QED) is 0.408. The van der Waals surface area contributed by atoms with E-state index >= 15 is 0 Å². The molecule has 2 heterocycles. The Morgan fingerprint density at radius 1 is 1.19 bits per heavy atom. The first-order chi connectivity index (χ1) is 17.8. The average Bonchev–Trinajstić information content (AvgIpc) is 3.50. The first-order valence-corrected chi connectivity index (χ1v) is 12.1. The zero-order chi connectivity index (χ0) is 26.4. The third-order valence-electron chi connectivity index (χ3n) is 6.29. The van der Waals surface area contributed by atoms with Gasteiger partial charge in [0.05, 0.1) is 17.9 Å². The van der Waals surface area contributed by atoms with Crippen molar-refractivity contribution in [2.24, 2.45) is 0 Å². The Morgan fingerprint density at radius 3 is 2.68 bits per heavy atom. The van der Waals surface area contributed by atoms with Crippen molar-refractivity contribution in [1.82, 2.24) is 30.1 Å². The zero-order valence-corrected chi connectivity index (χ0v) is 20.6. The van der Waals surface area contributed by atoms with Crippen molar-refractivity contribution in [3.8, 4) is 0 Å². The van der Waals surface area contributed by atoms with Crippen LogP contribution in [0.15, 0.2) is 67.4 Å². The van der Waals surface area contributed by atoms with Gasteiger partial charge in [-0.25, -0.2) is 4.68 Å². The minimum atomic E-state index is -4.55. The van der Waals surface area contributed by atoms with Crippen LogP contribution in [0.25, 0.3) is 5.70 Å². The minimum Gasteiger partial charge on any atom is -0.346 e. The number of benzene rings is 1. The molecule has 1 unspecified atom stereocenters. The van der Waals surface area contributed by atoms with Gasteiger partial charge in [-0.3, -0.25) is 9.48 Å². The second-order valence-electron chi connectivity index (χ2n) is 8.95. The molecule has 0 radical (unpaired) electrons. The van der Waals surface area contributed by atoms with Crippen LogP contribution >= 0.6 is 0 Å². The van der Waals surface area contributed by atoms with E-state index in [0.717, 1.165) is 17.7 Å². The van der Waals surface area contributed by atoms with Crippen molar-refractivity contribution in [3.63, 3.8) is 0 Å². The number of alkyl halides is 3. The van der Waals surface area contributed by atoms with Crippen molar-refractivity contribution in [2.45, 2.75) is 57.8 Å². The molecule has 1 atom stereocenters. The van der Waals surface area contributed by atoms with Crippen molar-refractivity contribution in [2.75, 3.05) is 0 Å². The van der Waals surface area contributed by atoms with Crippen LogP contribution in [0.2, 0.25) is 0 Å². The van der Waals surface area contributed by atoms with Gasteiger partial charge >= 0.3 is 6.18 Å². The maximum Gasteiger partial charge on any atom is 0.435 e. The van der Waals surface area contributed by atoms with E-state index < -0.39 is 23.8 Å². The summed E-state index contributed by atoms with van der Waals surface area (Å²) in [6, 6.07) is 9.09. The molecule has 1 aliphatic rings. The zero-order valence-electron chi connectivity index (χ0n) is 20.6. The largest absolute Gasteiger partial charge is 0.435 e. The summed E-state index contributed by atoms with van der Waals surface area (Å²) in [6.07, 6.45) is 6.81. The molecule has 7 nitrogen and oxygen atoms in total. The lowest BCUT2D eigenvalue weighted by Gasteiger charge is -2.21. The Labute approximate surface area is 213 Å². The molecule has 0 spiro atoms. The van der Waals surface area contributed by atoms with Gasteiger partial charge in [-0.1, -0.05) is 60.4 Å². The summed E-state index contributed by atoms with van der Waals surface area (Å²) in [5.41, 5.74) is 2.22. The number of carbonyl (C=O) groups excluding carboxylic acids is 1. The van der Waals surface area contributed by atoms with Gasteiger partial charge < -0.3 is 5.32 Å². The van der Waals surface area contributed by atoms with Gasteiger partial charge in [-0.2, -0.15) is 18.3 Å². The minimum absolute atomic E-state index is 0.211. The number of halogens is 3. The molecule has 0 aliphatic heterocycles. The standard InChI is InChI=1S/C27H29F3N6O/c1-3-4-6-11-19(2)36-24(17-31-34-36)22(16-20-12-7-5-8-13-20)32-25(37)18-35-23-15-10-9-14-21(23)26(33-35)27(28,29)30/h3-8,11-13,17,22H,1,9-10,14-16,18H2,2H3,(H,32,37)/b6-4-,19-11+. The first-order valence-electron chi connectivity index (χ1n) is 12.1. The molecule has 1 N–H and O–H groups in total. The molecule has 10 heteroatoms. The normalized spacial score (nSPS) is 15.0. The van der Waals surface area contributed by atoms with E-state index in [4.69, 9.17) is 0 Å². The van der Waals surface area contributed by atoms with Gasteiger partial charge in [0.1, 0.15) is 6.54 Å². The number of nitrogens with one attached hydrogen (secondary N) is 1. The Morgan fingerprint density at radius 2 is 1.95 bits per heavy atom. The highest BCUT2D eigenvalue weighted by atomic mass is 19.4. The molecule has 0 saturated heterocycles. The SMILES string of the molecule is C=C/C=C\C=C(/C)n1nncc1C(Cc1ccccc1)NC(=O)Cn1nc(C(F)(F)F)c2c1CCCC2. The summed E-state index contributed by atoms with van der Waals surface area (Å²) < 4.78 is 43.6. The van der Waals surface area contributed by atoms with Crippen molar-refractivity contribution < 1.29 is 18.0 Å². The maximum absolute atomic E-state index is 13.6. The van der Waals surface area contributed by atoms with Crippen molar-refractivity contribution >= 4 is 11.6 Å². The number of hydrogen-bond donors (Lipinski definition) is 1. The summed E-state index contributed by atoms with van der Waals surface area (Å²) >= 11 is 0. The fourth-order valence-corrected chi connectivity index (χ4v) is 4.58. The molecule has 2 aromatic heterocycles. The number of carbonyl (C=O) groups is 1. The highest BCUT2D eigenvalue weighted by Crippen LogP contribution is 2.35. The molecular weight excluding hydrogens is 481 g/mol. The lowest BCUT2D eigenvalue weighted by molar-refractivity contribution is -0.142. The molecule has 4 rings (SSSR count). The van der Waals surface area contributed by atoms with Crippen molar-refractivity contribution in [1.29, 1.82) is 0 Å². The second kappa shape index (κ2) is 11.4. The van der Waals surface area contributed by atoms with E-state index in [9.17, 15) is 18.0 Å². The fraction of sp³-hybridized carbons (Fsp3) is 0.333. The lowest BCUT2D eigenvalue weighted by Crippen LogP contribution is -2.34. The molecule has 194 valence electrons. The van der Waals surface area contributed by atoms with E-state index in [2.05, 4.69) is 27.3 Å². The number of fused-ring (bicyclic) bond motifs is 1. The van der Waals surface area contributed by atoms with E-state index in [1.807, 2.05) is 49.4 Å². The first kappa shape index (κ1) is 26.1. The van der Waals surface area contributed by atoms with E-state index in [1.165, 1.54) is 4.68 Å². The summed E-state index contributed by atoms with van der Waals surface area (Å²) in [6.45, 7) is 5.21. The molecule has 0 bridgehead atoms. The average molecular weight is 511 g/mol. The summed E-state index contributed by atoms with van der Waals surface area (Å²) in [7, 11) is 0. The van der Waals surface area contributed by atoms with Gasteiger partial charge in [-0.15, -0.1) is 5.10 Å². The maximum atomic E-state index is 13.6. The van der Waals surface area contributed by atoms with Gasteiger partial charge in [0.15, 0.2) is 5.69 Å². The monoisotopic (exact) mass is 510 g/mol. The van der Waals surface area contributed by atoms with Crippen LogP contribution in [0, 0.1) is 0 Å². The third-order valence-corrected chi connectivity index (χ3v) is 6.29. The van der Waals surface area contributed by atoms with Crippen LogP contribution in [0.1, 0.15) is 54.0 Å². The number of allylic oxidation sites excluding steroid dienone is 5. The molecule has 1 aliphatic carbocycles. The predicted molar refractivity (Wildman–Crippen MR) is 134 cm³/mol. The molecule has 37 heavy (non-hydrogen) atoms. The smallest absolute Gasteiger partial charge is 0.346 e. The number of nitrogens with zero attached hydrogens (tertiary/aromatic N) is 5. The second-order valence-corrected chi connectivity index (χ2v) is 8.95. The summed E-state index contributed by atoms with van der Waals surface area (Å²) in [4.78, 5) is 13.2. The summed E-state index contributed by atoms with van der Waals surface area (Å²) in [5, 5.41) is 15.0. The number of rotatable bonds is 9. The van der Waals surface area contributed by atoms with Crippen LogP contribution in [-0.4, -0.2) is 30.7 Å². The summed E-state index contributed by atoms with van der Waals surface area (Å²) in [5.74, 6) is -0.438. The predicted octanol–water partition coefficient (Wildman–Crippen LogP) is 5.08. The Kier molecular flexibility index (Phi) is 8.05. The number of hydrogen-bond acceptors (Lipinski definition) is 4. The van der Waals surface area contributed by atoms with Gasteiger partial charge in [-0.05, 0) is 50.7 Å². The van der Waals surface area contributed by atoms with Crippen LogP contribution < -0.4 is 5.32 Å². The number of aromatic nitrogens is 5. The van der Waals surface area contributed by atoms with Crippen LogP contribution in [0.5, 0.6) is 0 Å². The lowest BCUT2D eigenvalue weighted by atomic mass is 9.95. The molecule has 0 fully saturated rings. The highest BCUT2D eigenvalue weighted by molar-refractivity contribution is 5.76. The fourth-order valence-electron chi connectivity index (χ4n) is 4.58. The van der Waals surface area contributed by atoms with Gasteiger partial charge in [0, 0.05) is 17.0 Å². The third kappa shape index (κ3) is 6.25. The van der Waals surface area contributed by atoms with Crippen LogP contribution in [0.4, 0.5) is 13.2 Å². The van der Waals surface area contributed by atoms with E-state index in [-0.39, 0.29) is 12.1 Å². The van der Waals surface area contributed by atoms with Crippen LogP contribution in [-0.2, 0) is 36.8 Å². The van der Waals surface area contributed by atoms with Gasteiger partial charge in [0.2, 0.25) is 5.91 Å². The van der Waals surface area contributed by atoms with Crippen LogP contribution in [0.3, 0.4) is 0 Å². The van der Waals surface area contributed by atoms with Gasteiger partial charge in [0.25, 0.3) is 0 Å². The Balaban J connectivity index is 1.62. The molecular formula is C27H29F3N6O. The molecule has 1 aromatic carbocycles. The molecule has 3 aromatic rings. The molecule has 1 amide bonds. The molecule has 0 saturated carbocycles. The number of amides is 1. The Bertz CT molecular complexity index is 1300. The topological polar surface area (TPSA) is 77.6 Å². The van der Waals surface area contributed by atoms with Crippen molar-refractivity contribution in [3.05, 3.63) is 95.6 Å². The van der Waals surface area contributed by atoms with E-state index in [1.54, 1.807) is 23.0 Å². The van der Waals surface area contributed by atoms with E-state index in [0.29, 0.717) is 37.1 Å². The highest BCUT2D eigenvalue weighted by Gasteiger charge is 2.39. The Hall–Kier alpha value is -3.95.